The first kappa shape index (κ1) is 24.4. The summed E-state index contributed by atoms with van der Waals surface area (Å²) in [5.41, 5.74) is 2.24. The number of nitro benzene ring substituents is 1. The van der Waals surface area contributed by atoms with E-state index in [0.717, 1.165) is 5.56 Å². The van der Waals surface area contributed by atoms with E-state index in [2.05, 4.69) is 15.7 Å². The first-order valence-corrected chi connectivity index (χ1v) is 10.7. The van der Waals surface area contributed by atoms with Gasteiger partial charge in [-0.05, 0) is 42.7 Å². The summed E-state index contributed by atoms with van der Waals surface area (Å²) in [6.07, 6.45) is 1.44. The molecule has 0 fully saturated rings. The van der Waals surface area contributed by atoms with Gasteiger partial charge < -0.3 is 15.4 Å². The number of hydrogen-bond donors (Lipinski definition) is 2. The van der Waals surface area contributed by atoms with Crippen molar-refractivity contribution in [3.05, 3.63) is 81.2 Å². The van der Waals surface area contributed by atoms with Gasteiger partial charge in [0.2, 0.25) is 0 Å². The average Bonchev–Trinajstić information content (AvgIpc) is 3.15. The summed E-state index contributed by atoms with van der Waals surface area (Å²) in [5.74, 6) is 0.0731. The molecule has 0 saturated carbocycles. The van der Waals surface area contributed by atoms with Gasteiger partial charge in [-0.25, -0.2) is 0 Å². The summed E-state index contributed by atoms with van der Waals surface area (Å²) >= 11 is 0. The minimum atomic E-state index is -0.442. The maximum atomic E-state index is 12.9. The fraction of sp³-hybridized carbons (Fsp3) is 0.292. The van der Waals surface area contributed by atoms with Crippen LogP contribution in [0.3, 0.4) is 0 Å². The Morgan fingerprint density at radius 3 is 2.62 bits per heavy atom. The molecule has 1 aromatic heterocycles. The van der Waals surface area contributed by atoms with Gasteiger partial charge >= 0.3 is 0 Å². The van der Waals surface area contributed by atoms with Crippen molar-refractivity contribution in [2.75, 3.05) is 11.9 Å². The van der Waals surface area contributed by atoms with Crippen LogP contribution in [0.4, 0.5) is 11.4 Å². The Morgan fingerprint density at radius 2 is 1.94 bits per heavy atom. The van der Waals surface area contributed by atoms with E-state index in [4.69, 9.17) is 4.74 Å². The standard InChI is InChI=1S/C24H27N5O5/c1-15(2)12-25-24(31)22-20(13-26-28(22)4)27-23(30)18-7-5-6-17(11-18)14-34-19-8-9-21(29(32)33)16(3)10-19/h5-11,13,15H,12,14H2,1-4H3,(H,25,31)(H,27,30). The fourth-order valence-corrected chi connectivity index (χ4v) is 3.26. The van der Waals surface area contributed by atoms with Crippen LogP contribution in [-0.2, 0) is 13.7 Å². The molecule has 0 atom stereocenters. The van der Waals surface area contributed by atoms with Gasteiger partial charge in [-0.15, -0.1) is 0 Å². The number of nitrogens with zero attached hydrogens (tertiary/aromatic N) is 3. The number of carbonyl (C=O) groups excluding carboxylic acids is 2. The molecule has 0 saturated heterocycles. The molecule has 0 spiro atoms. The second kappa shape index (κ2) is 10.6. The molecule has 0 aliphatic rings. The summed E-state index contributed by atoms with van der Waals surface area (Å²) in [6.45, 7) is 6.31. The molecule has 10 heteroatoms. The number of nitrogens with one attached hydrogen (secondary N) is 2. The SMILES string of the molecule is Cc1cc(OCc2cccc(C(=O)Nc3cnn(C)c3C(=O)NCC(C)C)c2)ccc1[N+](=O)[O-]. The number of rotatable bonds is 9. The molecule has 0 aliphatic heterocycles. The lowest BCUT2D eigenvalue weighted by molar-refractivity contribution is -0.385. The number of nitro groups is 1. The van der Waals surface area contributed by atoms with Crippen molar-refractivity contribution in [1.29, 1.82) is 0 Å². The van der Waals surface area contributed by atoms with Crippen molar-refractivity contribution in [2.45, 2.75) is 27.4 Å². The third kappa shape index (κ3) is 5.97. The molecular weight excluding hydrogens is 438 g/mol. The molecule has 0 bridgehead atoms. The highest BCUT2D eigenvalue weighted by molar-refractivity contribution is 6.08. The molecule has 0 unspecified atom stereocenters. The zero-order chi connectivity index (χ0) is 24.8. The molecule has 0 radical (unpaired) electrons. The van der Waals surface area contributed by atoms with Crippen LogP contribution in [0.1, 0.15) is 45.8 Å². The highest BCUT2D eigenvalue weighted by atomic mass is 16.6. The zero-order valence-electron chi connectivity index (χ0n) is 19.5. The van der Waals surface area contributed by atoms with Crippen LogP contribution in [0, 0.1) is 23.0 Å². The fourth-order valence-electron chi connectivity index (χ4n) is 3.26. The molecule has 178 valence electrons. The molecule has 34 heavy (non-hydrogen) atoms. The molecule has 1 heterocycles. The van der Waals surface area contributed by atoms with Gasteiger partial charge in [-0.1, -0.05) is 26.0 Å². The van der Waals surface area contributed by atoms with E-state index in [1.165, 1.54) is 23.0 Å². The number of aromatic nitrogens is 2. The first-order valence-electron chi connectivity index (χ1n) is 10.7. The average molecular weight is 466 g/mol. The van der Waals surface area contributed by atoms with Gasteiger partial charge in [0, 0.05) is 30.8 Å². The van der Waals surface area contributed by atoms with Crippen LogP contribution in [0.2, 0.25) is 0 Å². The molecule has 0 aliphatic carbocycles. The summed E-state index contributed by atoms with van der Waals surface area (Å²) in [4.78, 5) is 35.9. The minimum Gasteiger partial charge on any atom is -0.489 e. The monoisotopic (exact) mass is 465 g/mol. The molecule has 2 N–H and O–H groups in total. The number of benzene rings is 2. The number of amides is 2. The lowest BCUT2D eigenvalue weighted by atomic mass is 10.1. The van der Waals surface area contributed by atoms with Crippen LogP contribution in [-0.4, -0.2) is 33.1 Å². The Balaban J connectivity index is 1.68. The van der Waals surface area contributed by atoms with Crippen molar-refractivity contribution in [3.8, 4) is 5.75 Å². The Labute approximate surface area is 197 Å². The number of carbonyl (C=O) groups is 2. The van der Waals surface area contributed by atoms with Gasteiger partial charge in [0.05, 0.1) is 16.8 Å². The summed E-state index contributed by atoms with van der Waals surface area (Å²) < 4.78 is 7.16. The molecular formula is C24H27N5O5. The van der Waals surface area contributed by atoms with E-state index in [0.29, 0.717) is 29.1 Å². The lowest BCUT2D eigenvalue weighted by Gasteiger charge is -2.11. The van der Waals surface area contributed by atoms with Gasteiger partial charge in [0.25, 0.3) is 17.5 Å². The molecule has 2 aromatic carbocycles. The third-order valence-electron chi connectivity index (χ3n) is 5.03. The highest BCUT2D eigenvalue weighted by Gasteiger charge is 2.19. The molecule has 2 amide bonds. The second-order valence-corrected chi connectivity index (χ2v) is 8.28. The van der Waals surface area contributed by atoms with Crippen LogP contribution in [0.5, 0.6) is 5.75 Å². The van der Waals surface area contributed by atoms with E-state index in [-0.39, 0.29) is 35.7 Å². The Kier molecular flexibility index (Phi) is 7.62. The third-order valence-corrected chi connectivity index (χ3v) is 5.03. The second-order valence-electron chi connectivity index (χ2n) is 8.28. The number of ether oxygens (including phenoxy) is 1. The Hall–Kier alpha value is -4.21. The molecule has 3 aromatic rings. The lowest BCUT2D eigenvalue weighted by Crippen LogP contribution is -2.30. The molecule has 3 rings (SSSR count). The summed E-state index contributed by atoms with van der Waals surface area (Å²) in [5, 5.41) is 20.6. The van der Waals surface area contributed by atoms with Crippen LogP contribution in [0.25, 0.3) is 0 Å². The van der Waals surface area contributed by atoms with Crippen molar-refractivity contribution in [3.63, 3.8) is 0 Å². The van der Waals surface area contributed by atoms with E-state index in [1.54, 1.807) is 38.2 Å². The van der Waals surface area contributed by atoms with Crippen molar-refractivity contribution in [1.82, 2.24) is 15.1 Å². The number of hydrogen-bond acceptors (Lipinski definition) is 6. The summed E-state index contributed by atoms with van der Waals surface area (Å²) in [6, 6.07) is 11.4. The number of aryl methyl sites for hydroxylation is 2. The smallest absolute Gasteiger partial charge is 0.272 e. The van der Waals surface area contributed by atoms with Crippen molar-refractivity contribution >= 4 is 23.2 Å². The van der Waals surface area contributed by atoms with Crippen LogP contribution >= 0.6 is 0 Å². The minimum absolute atomic E-state index is 0.0266. The van der Waals surface area contributed by atoms with Crippen molar-refractivity contribution in [2.24, 2.45) is 13.0 Å². The zero-order valence-corrected chi connectivity index (χ0v) is 19.5. The van der Waals surface area contributed by atoms with Crippen molar-refractivity contribution < 1.29 is 19.2 Å². The van der Waals surface area contributed by atoms with Crippen LogP contribution < -0.4 is 15.4 Å². The quantitative estimate of drug-likeness (QED) is 0.365. The summed E-state index contributed by atoms with van der Waals surface area (Å²) in [7, 11) is 1.64. The normalized spacial score (nSPS) is 10.7. The predicted octanol–water partition coefficient (Wildman–Crippen LogP) is 3.85. The molecule has 10 nitrogen and oxygen atoms in total. The maximum absolute atomic E-state index is 12.9. The van der Waals surface area contributed by atoms with Gasteiger partial charge in [-0.3, -0.25) is 24.4 Å². The Bertz CT molecular complexity index is 1220. The van der Waals surface area contributed by atoms with Gasteiger partial charge in [-0.2, -0.15) is 5.10 Å². The predicted molar refractivity (Wildman–Crippen MR) is 127 cm³/mol. The topological polar surface area (TPSA) is 128 Å². The van der Waals surface area contributed by atoms with Gasteiger partial charge in [0.1, 0.15) is 18.1 Å². The van der Waals surface area contributed by atoms with Crippen LogP contribution in [0.15, 0.2) is 48.7 Å². The van der Waals surface area contributed by atoms with E-state index < -0.39 is 4.92 Å². The van der Waals surface area contributed by atoms with E-state index in [1.807, 2.05) is 19.9 Å². The maximum Gasteiger partial charge on any atom is 0.272 e. The Morgan fingerprint density at radius 1 is 1.18 bits per heavy atom. The largest absolute Gasteiger partial charge is 0.489 e. The van der Waals surface area contributed by atoms with E-state index >= 15 is 0 Å². The van der Waals surface area contributed by atoms with E-state index in [9.17, 15) is 19.7 Å². The number of anilines is 1. The van der Waals surface area contributed by atoms with Gasteiger partial charge in [0.15, 0.2) is 0 Å². The highest BCUT2D eigenvalue weighted by Crippen LogP contribution is 2.24. The first-order chi connectivity index (χ1) is 16.2.